The lowest BCUT2D eigenvalue weighted by atomic mass is 9.96. The molecular formula is C17H13F2NO2. The maximum atomic E-state index is 13.1. The Labute approximate surface area is 125 Å². The molecule has 1 aliphatic rings. The standard InChI is InChI=1S/C17H13F2NO2/c18-12-5-1-10(2-6-12)14-9-15(21)17(22)20-16(14)11-3-7-13(19)8-4-11/h1-9,17,20-22H. The Kier molecular flexibility index (Phi) is 3.65. The summed E-state index contributed by atoms with van der Waals surface area (Å²) in [5, 5.41) is 22.3. The summed E-state index contributed by atoms with van der Waals surface area (Å²) in [6.45, 7) is 0. The molecule has 3 nitrogen and oxygen atoms in total. The third-order valence-corrected chi connectivity index (χ3v) is 3.41. The van der Waals surface area contributed by atoms with Crippen LogP contribution in [0.3, 0.4) is 0 Å². The second-order valence-electron chi connectivity index (χ2n) is 4.92. The Morgan fingerprint density at radius 3 is 1.86 bits per heavy atom. The lowest BCUT2D eigenvalue weighted by Crippen LogP contribution is -2.32. The van der Waals surface area contributed by atoms with E-state index < -0.39 is 6.23 Å². The van der Waals surface area contributed by atoms with Crippen LogP contribution < -0.4 is 5.32 Å². The molecule has 0 amide bonds. The van der Waals surface area contributed by atoms with Gasteiger partial charge in [-0.05, 0) is 53.6 Å². The van der Waals surface area contributed by atoms with Gasteiger partial charge in [-0.2, -0.15) is 0 Å². The van der Waals surface area contributed by atoms with Crippen molar-refractivity contribution in [3.05, 3.63) is 83.1 Å². The monoisotopic (exact) mass is 301 g/mol. The molecule has 0 saturated carbocycles. The van der Waals surface area contributed by atoms with Gasteiger partial charge in [0.25, 0.3) is 0 Å². The van der Waals surface area contributed by atoms with Gasteiger partial charge in [0, 0.05) is 5.57 Å². The summed E-state index contributed by atoms with van der Waals surface area (Å²) in [6, 6.07) is 11.5. The Hall–Kier alpha value is -2.66. The largest absolute Gasteiger partial charge is 0.507 e. The van der Waals surface area contributed by atoms with Crippen molar-refractivity contribution in [3.63, 3.8) is 0 Å². The molecule has 3 rings (SSSR count). The van der Waals surface area contributed by atoms with Gasteiger partial charge in [-0.1, -0.05) is 12.1 Å². The highest BCUT2D eigenvalue weighted by molar-refractivity contribution is 5.96. The van der Waals surface area contributed by atoms with E-state index in [9.17, 15) is 19.0 Å². The Bertz CT molecular complexity index is 749. The number of hydrogen-bond acceptors (Lipinski definition) is 3. The number of aliphatic hydroxyl groups is 2. The summed E-state index contributed by atoms with van der Waals surface area (Å²) < 4.78 is 26.2. The fourth-order valence-corrected chi connectivity index (χ4v) is 2.30. The smallest absolute Gasteiger partial charge is 0.183 e. The molecule has 1 aliphatic heterocycles. The number of rotatable bonds is 2. The Balaban J connectivity index is 2.15. The van der Waals surface area contributed by atoms with E-state index in [2.05, 4.69) is 5.32 Å². The van der Waals surface area contributed by atoms with Gasteiger partial charge in [-0.25, -0.2) is 8.78 Å². The molecule has 0 radical (unpaired) electrons. The van der Waals surface area contributed by atoms with Crippen molar-refractivity contribution in [2.24, 2.45) is 0 Å². The van der Waals surface area contributed by atoms with Crippen molar-refractivity contribution in [1.82, 2.24) is 5.32 Å². The molecule has 3 N–H and O–H groups in total. The molecule has 5 heteroatoms. The molecule has 1 atom stereocenters. The van der Waals surface area contributed by atoms with Crippen molar-refractivity contribution in [2.75, 3.05) is 0 Å². The van der Waals surface area contributed by atoms with Gasteiger partial charge < -0.3 is 15.5 Å². The van der Waals surface area contributed by atoms with Crippen LogP contribution >= 0.6 is 0 Å². The van der Waals surface area contributed by atoms with Crippen molar-refractivity contribution >= 4 is 11.3 Å². The zero-order valence-corrected chi connectivity index (χ0v) is 11.4. The predicted molar refractivity (Wildman–Crippen MR) is 79.5 cm³/mol. The average molecular weight is 301 g/mol. The number of aliphatic hydroxyl groups excluding tert-OH is 2. The van der Waals surface area contributed by atoms with Crippen LogP contribution in [0.5, 0.6) is 0 Å². The third kappa shape index (κ3) is 2.71. The second-order valence-corrected chi connectivity index (χ2v) is 4.92. The molecule has 0 fully saturated rings. The molecule has 2 aromatic carbocycles. The lowest BCUT2D eigenvalue weighted by Gasteiger charge is -2.24. The molecule has 0 aromatic heterocycles. The van der Waals surface area contributed by atoms with Gasteiger partial charge in [0.1, 0.15) is 17.4 Å². The maximum absolute atomic E-state index is 13.1. The van der Waals surface area contributed by atoms with Crippen LogP contribution in [0.15, 0.2) is 60.4 Å². The van der Waals surface area contributed by atoms with Crippen molar-refractivity contribution in [3.8, 4) is 0 Å². The first-order valence-corrected chi connectivity index (χ1v) is 6.66. The minimum Gasteiger partial charge on any atom is -0.507 e. The minimum absolute atomic E-state index is 0.245. The first-order chi connectivity index (χ1) is 10.5. The summed E-state index contributed by atoms with van der Waals surface area (Å²) in [5.74, 6) is -0.989. The predicted octanol–water partition coefficient (Wildman–Crippen LogP) is 3.20. The van der Waals surface area contributed by atoms with Crippen LogP contribution in [0, 0.1) is 11.6 Å². The third-order valence-electron chi connectivity index (χ3n) is 3.41. The number of allylic oxidation sites excluding steroid dienone is 2. The van der Waals surface area contributed by atoms with Crippen LogP contribution in [0.25, 0.3) is 11.3 Å². The first kappa shape index (κ1) is 14.3. The van der Waals surface area contributed by atoms with Crippen LogP contribution in [-0.2, 0) is 0 Å². The second kappa shape index (κ2) is 5.61. The fraction of sp³-hybridized carbons (Fsp3) is 0.0588. The minimum atomic E-state index is -1.25. The van der Waals surface area contributed by atoms with Gasteiger partial charge in [-0.15, -0.1) is 0 Å². The Morgan fingerprint density at radius 2 is 1.32 bits per heavy atom. The summed E-state index contributed by atoms with van der Waals surface area (Å²) in [4.78, 5) is 0. The summed E-state index contributed by atoms with van der Waals surface area (Å²) in [6.07, 6.45) is 0.164. The first-order valence-electron chi connectivity index (χ1n) is 6.66. The van der Waals surface area contributed by atoms with E-state index in [1.165, 1.54) is 30.3 Å². The molecule has 2 aromatic rings. The number of halogens is 2. The van der Waals surface area contributed by atoms with E-state index in [0.717, 1.165) is 0 Å². The van der Waals surface area contributed by atoms with Crippen LogP contribution in [0.1, 0.15) is 11.1 Å². The molecular weight excluding hydrogens is 288 g/mol. The summed E-state index contributed by atoms with van der Waals surface area (Å²) in [5.41, 5.74) is 2.40. The number of dihydropyridines is 1. The van der Waals surface area contributed by atoms with Gasteiger partial charge in [0.2, 0.25) is 0 Å². The topological polar surface area (TPSA) is 52.5 Å². The van der Waals surface area contributed by atoms with Crippen LogP contribution in [0.4, 0.5) is 8.78 Å². The van der Waals surface area contributed by atoms with E-state index >= 15 is 0 Å². The fourth-order valence-electron chi connectivity index (χ4n) is 2.30. The van der Waals surface area contributed by atoms with Gasteiger partial charge in [0.05, 0.1) is 5.70 Å². The molecule has 0 aliphatic carbocycles. The van der Waals surface area contributed by atoms with E-state index in [1.54, 1.807) is 24.3 Å². The number of hydrogen-bond donors (Lipinski definition) is 3. The molecule has 0 bridgehead atoms. The highest BCUT2D eigenvalue weighted by atomic mass is 19.1. The molecule has 22 heavy (non-hydrogen) atoms. The van der Waals surface area contributed by atoms with E-state index in [1.807, 2.05) is 0 Å². The van der Waals surface area contributed by atoms with Crippen molar-refractivity contribution in [1.29, 1.82) is 0 Å². The summed E-state index contributed by atoms with van der Waals surface area (Å²) in [7, 11) is 0. The zero-order chi connectivity index (χ0) is 15.7. The average Bonchev–Trinajstić information content (AvgIpc) is 2.51. The van der Waals surface area contributed by atoms with E-state index in [0.29, 0.717) is 22.4 Å². The Morgan fingerprint density at radius 1 is 0.818 bits per heavy atom. The lowest BCUT2D eigenvalue weighted by molar-refractivity contribution is 0.136. The highest BCUT2D eigenvalue weighted by Crippen LogP contribution is 2.30. The molecule has 1 heterocycles. The number of nitrogens with one attached hydrogen (secondary N) is 1. The molecule has 0 saturated heterocycles. The van der Waals surface area contributed by atoms with Crippen molar-refractivity contribution in [2.45, 2.75) is 6.23 Å². The quantitative estimate of drug-likeness (QED) is 0.798. The van der Waals surface area contributed by atoms with Crippen molar-refractivity contribution < 1.29 is 19.0 Å². The zero-order valence-electron chi connectivity index (χ0n) is 11.4. The number of benzene rings is 2. The van der Waals surface area contributed by atoms with Gasteiger partial charge in [0.15, 0.2) is 6.23 Å². The molecule has 112 valence electrons. The van der Waals surface area contributed by atoms with E-state index in [4.69, 9.17) is 0 Å². The SMILES string of the molecule is OC1=CC(c2ccc(F)cc2)=C(c2ccc(F)cc2)NC1O. The molecule has 0 spiro atoms. The molecule has 1 unspecified atom stereocenters. The van der Waals surface area contributed by atoms with Gasteiger partial charge in [-0.3, -0.25) is 0 Å². The highest BCUT2D eigenvalue weighted by Gasteiger charge is 2.22. The van der Waals surface area contributed by atoms with Gasteiger partial charge >= 0.3 is 0 Å². The van der Waals surface area contributed by atoms with Crippen LogP contribution in [-0.4, -0.2) is 16.4 Å². The normalized spacial score (nSPS) is 18.0. The van der Waals surface area contributed by atoms with Crippen LogP contribution in [0.2, 0.25) is 0 Å². The summed E-state index contributed by atoms with van der Waals surface area (Å²) >= 11 is 0. The maximum Gasteiger partial charge on any atom is 0.183 e. The van der Waals surface area contributed by atoms with E-state index in [-0.39, 0.29) is 17.4 Å².